The van der Waals surface area contributed by atoms with E-state index in [4.69, 9.17) is 0 Å². The van der Waals surface area contributed by atoms with Crippen molar-refractivity contribution in [3.05, 3.63) is 39.9 Å². The Bertz CT molecular complexity index is 490. The molecule has 5 heteroatoms. The Hall–Kier alpha value is -1.33. The van der Waals surface area contributed by atoms with Crippen LogP contribution in [0.5, 0.6) is 0 Å². The van der Waals surface area contributed by atoms with Gasteiger partial charge in [-0.1, -0.05) is 6.92 Å². The van der Waals surface area contributed by atoms with E-state index in [0.29, 0.717) is 0 Å². The lowest BCUT2D eigenvalue weighted by molar-refractivity contribution is 0.525. The fourth-order valence-electron chi connectivity index (χ4n) is 1.92. The molecule has 0 saturated carbocycles. The third-order valence-electron chi connectivity index (χ3n) is 3.08. The number of nitrogens with one attached hydrogen (secondary N) is 1. The Labute approximate surface area is 118 Å². The Morgan fingerprint density at radius 1 is 1.26 bits per heavy atom. The van der Waals surface area contributed by atoms with Crippen LogP contribution in [0, 0.1) is 13.8 Å². The lowest BCUT2D eigenvalue weighted by Gasteiger charge is -2.16. The van der Waals surface area contributed by atoms with E-state index in [1.165, 1.54) is 9.88 Å². The van der Waals surface area contributed by atoms with E-state index < -0.39 is 0 Å². The van der Waals surface area contributed by atoms with Gasteiger partial charge in [0.05, 0.1) is 10.7 Å². The molecule has 4 nitrogen and oxygen atoms in total. The first-order valence-electron chi connectivity index (χ1n) is 6.62. The average molecular weight is 276 g/mol. The fraction of sp³-hybridized carbons (Fsp3) is 0.500. The van der Waals surface area contributed by atoms with E-state index in [1.807, 2.05) is 12.4 Å². The minimum absolute atomic E-state index is 0.242. The summed E-state index contributed by atoms with van der Waals surface area (Å²) >= 11 is 1.78. The Morgan fingerprint density at radius 2 is 2.00 bits per heavy atom. The smallest absolute Gasteiger partial charge is 0.115 e. The molecular weight excluding hydrogens is 256 g/mol. The molecule has 0 aliphatic rings. The average Bonchev–Trinajstić information content (AvgIpc) is 2.74. The quantitative estimate of drug-likeness (QED) is 0.881. The van der Waals surface area contributed by atoms with Gasteiger partial charge >= 0.3 is 0 Å². The van der Waals surface area contributed by atoms with Gasteiger partial charge in [0.25, 0.3) is 0 Å². The molecule has 0 spiro atoms. The van der Waals surface area contributed by atoms with Crippen molar-refractivity contribution >= 4 is 11.3 Å². The number of hydrogen-bond donors (Lipinski definition) is 1. The predicted octanol–water partition coefficient (Wildman–Crippen LogP) is 2.83. The number of hydrogen-bond acceptors (Lipinski definition) is 5. The summed E-state index contributed by atoms with van der Waals surface area (Å²) in [5.74, 6) is 0. The van der Waals surface area contributed by atoms with Crippen molar-refractivity contribution in [2.45, 2.75) is 39.7 Å². The van der Waals surface area contributed by atoms with E-state index >= 15 is 0 Å². The van der Waals surface area contributed by atoms with E-state index in [9.17, 15) is 0 Å². The third kappa shape index (κ3) is 3.81. The van der Waals surface area contributed by atoms with Crippen LogP contribution in [-0.4, -0.2) is 21.5 Å². The Balaban J connectivity index is 2.14. The molecule has 102 valence electrons. The molecule has 1 unspecified atom stereocenters. The molecule has 0 radical (unpaired) electrons. The third-order valence-corrected chi connectivity index (χ3v) is 4.17. The molecule has 0 fully saturated rings. The van der Waals surface area contributed by atoms with Gasteiger partial charge < -0.3 is 5.32 Å². The number of nitrogens with zero attached hydrogens (tertiary/aromatic N) is 3. The van der Waals surface area contributed by atoms with Crippen LogP contribution in [0.4, 0.5) is 0 Å². The molecule has 0 aliphatic heterocycles. The van der Waals surface area contributed by atoms with Gasteiger partial charge in [-0.05, 0) is 26.8 Å². The first kappa shape index (κ1) is 14.1. The monoisotopic (exact) mass is 276 g/mol. The van der Waals surface area contributed by atoms with Crippen LogP contribution in [0.3, 0.4) is 0 Å². The topological polar surface area (TPSA) is 50.7 Å². The van der Waals surface area contributed by atoms with Crippen LogP contribution >= 0.6 is 11.3 Å². The highest BCUT2D eigenvalue weighted by Crippen LogP contribution is 2.22. The first-order valence-corrected chi connectivity index (χ1v) is 7.43. The SMILES string of the molecule is CCCNC(Cc1nc(C)c(C)s1)c1cncnc1. The van der Waals surface area contributed by atoms with Gasteiger partial charge in [0.15, 0.2) is 0 Å². The van der Waals surface area contributed by atoms with Crippen LogP contribution in [-0.2, 0) is 6.42 Å². The van der Waals surface area contributed by atoms with Crippen molar-refractivity contribution in [3.8, 4) is 0 Å². The Kier molecular flexibility index (Phi) is 4.99. The molecule has 0 aliphatic carbocycles. The van der Waals surface area contributed by atoms with E-state index in [2.05, 4.69) is 41.0 Å². The second kappa shape index (κ2) is 6.73. The minimum atomic E-state index is 0.242. The van der Waals surface area contributed by atoms with E-state index in [0.717, 1.165) is 30.6 Å². The summed E-state index contributed by atoms with van der Waals surface area (Å²) in [6.07, 6.45) is 7.34. The van der Waals surface area contributed by atoms with Crippen molar-refractivity contribution in [3.63, 3.8) is 0 Å². The lowest BCUT2D eigenvalue weighted by Crippen LogP contribution is -2.24. The Morgan fingerprint density at radius 3 is 2.58 bits per heavy atom. The maximum absolute atomic E-state index is 4.62. The summed E-state index contributed by atoms with van der Waals surface area (Å²) in [6.45, 7) is 7.35. The maximum Gasteiger partial charge on any atom is 0.115 e. The summed E-state index contributed by atoms with van der Waals surface area (Å²) < 4.78 is 0. The van der Waals surface area contributed by atoms with Crippen molar-refractivity contribution in [2.75, 3.05) is 6.54 Å². The highest BCUT2D eigenvalue weighted by Gasteiger charge is 2.15. The number of aryl methyl sites for hydroxylation is 2. The van der Waals surface area contributed by atoms with Gasteiger partial charge in [-0.25, -0.2) is 15.0 Å². The van der Waals surface area contributed by atoms with Gasteiger partial charge in [-0.2, -0.15) is 0 Å². The lowest BCUT2D eigenvalue weighted by atomic mass is 10.1. The molecule has 2 heterocycles. The van der Waals surface area contributed by atoms with E-state index in [-0.39, 0.29) is 6.04 Å². The second-order valence-corrected chi connectivity index (χ2v) is 5.92. The van der Waals surface area contributed by atoms with Crippen molar-refractivity contribution in [1.29, 1.82) is 0 Å². The molecule has 1 N–H and O–H groups in total. The zero-order chi connectivity index (χ0) is 13.7. The van der Waals surface area contributed by atoms with Crippen LogP contribution in [0.25, 0.3) is 0 Å². The zero-order valence-corrected chi connectivity index (χ0v) is 12.5. The largest absolute Gasteiger partial charge is 0.309 e. The maximum atomic E-state index is 4.62. The van der Waals surface area contributed by atoms with Crippen LogP contribution in [0.1, 0.15) is 40.5 Å². The molecule has 2 rings (SSSR count). The standard InChI is InChI=1S/C14H20N4S/c1-4-5-17-13(12-7-15-9-16-8-12)6-14-18-10(2)11(3)19-14/h7-9,13,17H,4-6H2,1-3H3. The summed E-state index contributed by atoms with van der Waals surface area (Å²) in [7, 11) is 0. The van der Waals surface area contributed by atoms with E-state index in [1.54, 1.807) is 17.7 Å². The first-order chi connectivity index (χ1) is 9.20. The van der Waals surface area contributed by atoms with Crippen LogP contribution in [0.2, 0.25) is 0 Å². The predicted molar refractivity (Wildman–Crippen MR) is 78.4 cm³/mol. The van der Waals surface area contributed by atoms with Gasteiger partial charge in [-0.15, -0.1) is 11.3 Å². The molecular formula is C14H20N4S. The molecule has 2 aromatic heterocycles. The summed E-state index contributed by atoms with van der Waals surface area (Å²) in [5.41, 5.74) is 2.26. The normalized spacial score (nSPS) is 12.6. The van der Waals surface area contributed by atoms with Crippen molar-refractivity contribution in [1.82, 2.24) is 20.3 Å². The molecule has 2 aromatic rings. The molecule has 19 heavy (non-hydrogen) atoms. The van der Waals surface area contributed by atoms with Crippen LogP contribution in [0.15, 0.2) is 18.7 Å². The highest BCUT2D eigenvalue weighted by atomic mass is 32.1. The zero-order valence-electron chi connectivity index (χ0n) is 11.7. The fourth-order valence-corrected chi connectivity index (χ4v) is 2.90. The van der Waals surface area contributed by atoms with Crippen LogP contribution < -0.4 is 5.32 Å². The van der Waals surface area contributed by atoms with Gasteiger partial charge in [0.1, 0.15) is 6.33 Å². The van der Waals surface area contributed by atoms with Crippen molar-refractivity contribution < 1.29 is 0 Å². The summed E-state index contributed by atoms with van der Waals surface area (Å²) in [4.78, 5) is 14.1. The van der Waals surface area contributed by atoms with Gasteiger partial charge in [0, 0.05) is 35.3 Å². The summed E-state index contributed by atoms with van der Waals surface area (Å²) in [6, 6.07) is 0.242. The summed E-state index contributed by atoms with van der Waals surface area (Å²) in [5, 5.41) is 4.72. The molecule has 0 bridgehead atoms. The minimum Gasteiger partial charge on any atom is -0.309 e. The molecule has 0 aromatic carbocycles. The van der Waals surface area contributed by atoms with Crippen molar-refractivity contribution in [2.24, 2.45) is 0 Å². The van der Waals surface area contributed by atoms with Gasteiger partial charge in [0.2, 0.25) is 0 Å². The molecule has 1 atom stereocenters. The number of rotatable bonds is 6. The number of aromatic nitrogens is 3. The highest BCUT2D eigenvalue weighted by molar-refractivity contribution is 7.11. The molecule has 0 amide bonds. The van der Waals surface area contributed by atoms with Gasteiger partial charge in [-0.3, -0.25) is 0 Å². The number of thiazole rings is 1. The second-order valence-electron chi connectivity index (χ2n) is 4.63. The molecule has 0 saturated heterocycles.